The molecule has 0 aromatic carbocycles. The van der Waals surface area contributed by atoms with Crippen molar-refractivity contribution in [2.45, 2.75) is 30.4 Å². The van der Waals surface area contributed by atoms with Crippen LogP contribution in [0.25, 0.3) is 11.5 Å². The second kappa shape index (κ2) is 7.83. The third kappa shape index (κ3) is 4.23. The highest BCUT2D eigenvalue weighted by atomic mass is 32.2. The fourth-order valence-corrected chi connectivity index (χ4v) is 5.02. The molecule has 1 aliphatic rings. The van der Waals surface area contributed by atoms with E-state index in [-0.39, 0.29) is 30.0 Å². The van der Waals surface area contributed by atoms with Gasteiger partial charge in [0.05, 0.1) is 0 Å². The van der Waals surface area contributed by atoms with E-state index in [1.807, 2.05) is 19.0 Å². The number of sulfonamides is 1. The Hall–Kier alpha value is -2.17. The van der Waals surface area contributed by atoms with E-state index in [1.165, 1.54) is 10.4 Å². The van der Waals surface area contributed by atoms with Gasteiger partial charge in [0.2, 0.25) is 5.09 Å². The van der Waals surface area contributed by atoms with Crippen molar-refractivity contribution in [3.8, 4) is 11.5 Å². The van der Waals surface area contributed by atoms with Crippen molar-refractivity contribution < 1.29 is 22.7 Å². The van der Waals surface area contributed by atoms with E-state index in [1.54, 1.807) is 18.3 Å². The molecule has 3 heterocycles. The molecule has 148 valence electrons. The minimum atomic E-state index is -3.79. The van der Waals surface area contributed by atoms with Crippen molar-refractivity contribution in [2.24, 2.45) is 5.92 Å². The Bertz CT molecular complexity index is 875. The van der Waals surface area contributed by atoms with Crippen molar-refractivity contribution >= 4 is 16.0 Å². The third-order valence-electron chi connectivity index (χ3n) is 4.99. The summed E-state index contributed by atoms with van der Waals surface area (Å²) in [6, 6.07) is 4.87. The number of rotatable bonds is 7. The van der Waals surface area contributed by atoms with E-state index < -0.39 is 16.0 Å². The first-order valence-electron chi connectivity index (χ1n) is 8.77. The van der Waals surface area contributed by atoms with Crippen LogP contribution in [-0.4, -0.2) is 72.1 Å². The summed E-state index contributed by atoms with van der Waals surface area (Å²) in [5.74, 6) is -0.527. The Labute approximate surface area is 158 Å². The van der Waals surface area contributed by atoms with E-state index in [2.05, 4.69) is 10.2 Å². The molecule has 10 heteroatoms. The molecule has 9 nitrogen and oxygen atoms in total. The molecule has 2 N–H and O–H groups in total. The molecule has 0 bridgehead atoms. The van der Waals surface area contributed by atoms with Gasteiger partial charge >= 0.3 is 5.97 Å². The molecule has 1 saturated heterocycles. The van der Waals surface area contributed by atoms with Gasteiger partial charge in [-0.25, -0.2) is 8.42 Å². The van der Waals surface area contributed by atoms with Crippen LogP contribution in [-0.2, 0) is 14.8 Å². The van der Waals surface area contributed by atoms with Gasteiger partial charge in [-0.05, 0) is 51.1 Å². The molecular formula is C17H24N4O5S. The first-order valence-corrected chi connectivity index (χ1v) is 10.2. The summed E-state index contributed by atoms with van der Waals surface area (Å²) in [5, 5.41) is 15.4. The summed E-state index contributed by atoms with van der Waals surface area (Å²) in [4.78, 5) is 13.0. The predicted molar refractivity (Wildman–Crippen MR) is 97.5 cm³/mol. The molecule has 2 aromatic heterocycles. The smallest absolute Gasteiger partial charge is 0.303 e. The molecule has 0 amide bonds. The number of hydrogen-bond acceptors (Lipinski definition) is 6. The number of furan rings is 1. The molecule has 2 atom stereocenters. The standard InChI is InChI=1S/C17H24N4O5S/c1-20(2)14-8-10-21(11-12(14)3-5-16(22)23)27(24,25)17-6-4-15(26-17)13-7-9-18-19-13/h4,6-7,9,12,14H,3,5,8,10-11H2,1-2H3,(H,18,19)(H,22,23)/t12-,14+/m0/s1. The molecule has 2 aromatic rings. The van der Waals surface area contributed by atoms with Crippen molar-refractivity contribution in [1.29, 1.82) is 0 Å². The Balaban J connectivity index is 1.79. The van der Waals surface area contributed by atoms with Crippen molar-refractivity contribution in [3.05, 3.63) is 24.4 Å². The monoisotopic (exact) mass is 396 g/mol. The molecule has 0 radical (unpaired) electrons. The molecule has 0 unspecified atom stereocenters. The minimum absolute atomic E-state index is 0.0214. The van der Waals surface area contributed by atoms with Gasteiger partial charge in [-0.1, -0.05) is 0 Å². The molecule has 0 spiro atoms. The second-order valence-corrected chi connectivity index (χ2v) is 8.83. The zero-order chi connectivity index (χ0) is 19.6. The first-order chi connectivity index (χ1) is 12.8. The molecule has 1 fully saturated rings. The summed E-state index contributed by atoms with van der Waals surface area (Å²) in [6.45, 7) is 0.646. The van der Waals surface area contributed by atoms with Crippen LogP contribution in [0, 0.1) is 5.92 Å². The van der Waals surface area contributed by atoms with E-state index in [0.29, 0.717) is 30.8 Å². The lowest BCUT2D eigenvalue weighted by Gasteiger charge is -2.40. The van der Waals surface area contributed by atoms with Crippen LogP contribution in [0.15, 0.2) is 33.9 Å². The van der Waals surface area contributed by atoms with Crippen molar-refractivity contribution in [2.75, 3.05) is 27.2 Å². The molecular weight excluding hydrogens is 372 g/mol. The Morgan fingerprint density at radius 2 is 2.19 bits per heavy atom. The molecule has 1 aliphatic heterocycles. The highest BCUT2D eigenvalue weighted by Gasteiger charge is 2.37. The van der Waals surface area contributed by atoms with Crippen LogP contribution in [0.5, 0.6) is 0 Å². The van der Waals surface area contributed by atoms with Gasteiger partial charge in [-0.15, -0.1) is 0 Å². The Morgan fingerprint density at radius 1 is 1.41 bits per heavy atom. The summed E-state index contributed by atoms with van der Waals surface area (Å²) in [5.41, 5.74) is 0.599. The number of carboxylic acid groups (broad SMARTS) is 1. The van der Waals surface area contributed by atoms with Gasteiger partial charge in [0.15, 0.2) is 5.76 Å². The number of aromatic nitrogens is 2. The average Bonchev–Trinajstić information content (AvgIpc) is 3.30. The largest absolute Gasteiger partial charge is 0.481 e. The SMILES string of the molecule is CN(C)[C@@H]1CCN(S(=O)(=O)c2ccc(-c3ccn[nH]3)o2)C[C@@H]1CCC(=O)O. The average molecular weight is 396 g/mol. The predicted octanol–water partition coefficient (Wildman–Crippen LogP) is 1.48. The highest BCUT2D eigenvalue weighted by molar-refractivity contribution is 7.89. The molecule has 0 aliphatic carbocycles. The van der Waals surface area contributed by atoms with Crippen LogP contribution < -0.4 is 0 Å². The van der Waals surface area contributed by atoms with Gasteiger partial charge in [0, 0.05) is 31.7 Å². The number of nitrogens with one attached hydrogen (secondary N) is 1. The maximum Gasteiger partial charge on any atom is 0.303 e. The quantitative estimate of drug-likeness (QED) is 0.727. The van der Waals surface area contributed by atoms with E-state index in [4.69, 9.17) is 9.52 Å². The van der Waals surface area contributed by atoms with Gasteiger partial charge in [0.1, 0.15) is 5.69 Å². The van der Waals surface area contributed by atoms with Crippen molar-refractivity contribution in [3.63, 3.8) is 0 Å². The van der Waals surface area contributed by atoms with Crippen LogP contribution >= 0.6 is 0 Å². The summed E-state index contributed by atoms with van der Waals surface area (Å²) < 4.78 is 33.0. The van der Waals surface area contributed by atoms with E-state index >= 15 is 0 Å². The number of carbonyl (C=O) groups is 1. The molecule has 3 rings (SSSR count). The number of aliphatic carboxylic acids is 1. The van der Waals surface area contributed by atoms with E-state index in [0.717, 1.165) is 0 Å². The minimum Gasteiger partial charge on any atom is -0.481 e. The van der Waals surface area contributed by atoms with Crippen LogP contribution in [0.3, 0.4) is 0 Å². The summed E-state index contributed by atoms with van der Waals surface area (Å²) in [7, 11) is 0.0862. The lowest BCUT2D eigenvalue weighted by Crippen LogP contribution is -2.50. The van der Waals surface area contributed by atoms with Gasteiger partial charge < -0.3 is 14.4 Å². The first kappa shape index (κ1) is 19.6. The number of H-pyrrole nitrogens is 1. The molecule has 27 heavy (non-hydrogen) atoms. The normalized spacial score (nSPS) is 21.6. The zero-order valence-corrected chi connectivity index (χ0v) is 16.1. The van der Waals surface area contributed by atoms with E-state index in [9.17, 15) is 13.2 Å². The Kier molecular flexibility index (Phi) is 5.68. The second-order valence-electron chi connectivity index (χ2n) is 6.96. The summed E-state index contributed by atoms with van der Waals surface area (Å²) in [6.07, 6.45) is 2.66. The van der Waals surface area contributed by atoms with Gasteiger partial charge in [-0.2, -0.15) is 9.40 Å². The fraction of sp³-hybridized carbons (Fsp3) is 0.529. The van der Waals surface area contributed by atoms with Crippen LogP contribution in [0.4, 0.5) is 0 Å². The topological polar surface area (TPSA) is 120 Å². The number of aromatic amines is 1. The summed E-state index contributed by atoms with van der Waals surface area (Å²) >= 11 is 0. The third-order valence-corrected chi connectivity index (χ3v) is 6.73. The molecule has 0 saturated carbocycles. The number of nitrogens with zero attached hydrogens (tertiary/aromatic N) is 3. The van der Waals surface area contributed by atoms with Gasteiger partial charge in [0.25, 0.3) is 10.0 Å². The maximum atomic E-state index is 13.0. The highest BCUT2D eigenvalue weighted by Crippen LogP contribution is 2.31. The van der Waals surface area contributed by atoms with Gasteiger partial charge in [-0.3, -0.25) is 9.89 Å². The number of carboxylic acids is 1. The number of piperidine rings is 1. The maximum absolute atomic E-state index is 13.0. The zero-order valence-electron chi connectivity index (χ0n) is 15.3. The fourth-order valence-electron chi connectivity index (χ4n) is 3.60. The lowest BCUT2D eigenvalue weighted by molar-refractivity contribution is -0.137. The number of hydrogen-bond donors (Lipinski definition) is 2. The lowest BCUT2D eigenvalue weighted by atomic mass is 9.88. The van der Waals surface area contributed by atoms with Crippen LogP contribution in [0.2, 0.25) is 0 Å². The Morgan fingerprint density at radius 3 is 2.81 bits per heavy atom. The van der Waals surface area contributed by atoms with Crippen molar-refractivity contribution in [1.82, 2.24) is 19.4 Å². The van der Waals surface area contributed by atoms with Crippen LogP contribution in [0.1, 0.15) is 19.3 Å².